The second-order valence-electron chi connectivity index (χ2n) is 10.9. The molecule has 1 saturated heterocycles. The van der Waals surface area contributed by atoms with E-state index in [9.17, 15) is 0 Å². The minimum atomic E-state index is -0.503. The zero-order chi connectivity index (χ0) is 28.8. The molecule has 0 spiro atoms. The van der Waals surface area contributed by atoms with Gasteiger partial charge in [-0.25, -0.2) is 0 Å². The van der Waals surface area contributed by atoms with Crippen LogP contribution in [0.4, 0.5) is 0 Å². The number of rotatable bonds is 17. The number of ether oxygens (including phenoxy) is 4. The Morgan fingerprint density at radius 3 is 2.21 bits per heavy atom. The molecule has 224 valence electrons. The molecule has 0 bridgehead atoms. The van der Waals surface area contributed by atoms with E-state index >= 15 is 0 Å². The third-order valence-electron chi connectivity index (χ3n) is 7.79. The Labute approximate surface area is 249 Å². The summed E-state index contributed by atoms with van der Waals surface area (Å²) in [5, 5.41) is 13.9. The molecule has 4 atom stereocenters. The molecule has 42 heavy (non-hydrogen) atoms. The molecule has 0 unspecified atom stereocenters. The van der Waals surface area contributed by atoms with Crippen LogP contribution >= 0.6 is 0 Å². The van der Waals surface area contributed by atoms with Gasteiger partial charge in [0.25, 0.3) is 0 Å². The van der Waals surface area contributed by atoms with Crippen LogP contribution < -0.4 is 5.32 Å². The molecule has 7 nitrogen and oxygen atoms in total. The zero-order valence-electron chi connectivity index (χ0n) is 24.3. The number of aromatic amines is 1. The van der Waals surface area contributed by atoms with Crippen LogP contribution in [-0.2, 0) is 38.6 Å². The van der Waals surface area contributed by atoms with Gasteiger partial charge >= 0.3 is 0 Å². The number of fused-ring (bicyclic) bond motifs is 1. The number of aliphatic hydroxyl groups excluding tert-OH is 1. The lowest BCUT2D eigenvalue weighted by molar-refractivity contribution is -0.281. The number of H-pyrrole nitrogens is 1. The predicted octanol–water partition coefficient (Wildman–Crippen LogP) is 5.77. The molecule has 1 aliphatic rings. The molecule has 0 aliphatic carbocycles. The summed E-state index contributed by atoms with van der Waals surface area (Å²) in [5.74, 6) is 0. The fraction of sp³-hybridized carbons (Fsp3) is 0.429. The Morgan fingerprint density at radius 2 is 1.48 bits per heavy atom. The molecule has 7 heteroatoms. The number of hydrogen-bond donors (Lipinski definition) is 3. The third-order valence-corrected chi connectivity index (χ3v) is 7.79. The van der Waals surface area contributed by atoms with E-state index in [-0.39, 0.29) is 24.9 Å². The summed E-state index contributed by atoms with van der Waals surface area (Å²) >= 11 is 0. The van der Waals surface area contributed by atoms with Crippen LogP contribution in [0.1, 0.15) is 42.4 Å². The van der Waals surface area contributed by atoms with Gasteiger partial charge in [-0.05, 0) is 55.0 Å². The van der Waals surface area contributed by atoms with Crippen LogP contribution in [0.2, 0.25) is 0 Å². The molecule has 3 N–H and O–H groups in total. The number of benzene rings is 3. The molecule has 0 saturated carbocycles. The first kappa shape index (κ1) is 30.4. The maximum absolute atomic E-state index is 9.08. The Hall–Kier alpha value is -3.04. The van der Waals surface area contributed by atoms with Crippen LogP contribution in [0.25, 0.3) is 10.9 Å². The lowest BCUT2D eigenvalue weighted by Gasteiger charge is -2.41. The van der Waals surface area contributed by atoms with Crippen LogP contribution in [0.15, 0.2) is 91.1 Å². The van der Waals surface area contributed by atoms with E-state index in [1.165, 1.54) is 10.9 Å². The number of aromatic nitrogens is 1. The summed E-state index contributed by atoms with van der Waals surface area (Å²) in [6.45, 7) is 3.28. The summed E-state index contributed by atoms with van der Waals surface area (Å²) in [4.78, 5) is 3.36. The van der Waals surface area contributed by atoms with Crippen molar-refractivity contribution in [2.24, 2.45) is 0 Å². The van der Waals surface area contributed by atoms with E-state index in [1.807, 2.05) is 42.5 Å². The van der Waals surface area contributed by atoms with Crippen molar-refractivity contribution >= 4 is 10.9 Å². The maximum atomic E-state index is 9.08. The van der Waals surface area contributed by atoms with E-state index in [4.69, 9.17) is 24.1 Å². The lowest BCUT2D eigenvalue weighted by Crippen LogP contribution is -2.53. The maximum Gasteiger partial charge on any atom is 0.184 e. The number of aliphatic hydroxyl groups is 1. The van der Waals surface area contributed by atoms with Gasteiger partial charge in [0, 0.05) is 36.7 Å². The average Bonchev–Trinajstić information content (AvgIpc) is 3.45. The molecule has 3 aromatic carbocycles. The third kappa shape index (κ3) is 8.98. The smallest absolute Gasteiger partial charge is 0.184 e. The summed E-state index contributed by atoms with van der Waals surface area (Å²) in [7, 11) is 0. The Kier molecular flexibility index (Phi) is 12.0. The molecular formula is C35H44N2O5. The van der Waals surface area contributed by atoms with Crippen molar-refractivity contribution in [3.63, 3.8) is 0 Å². The first-order valence-electron chi connectivity index (χ1n) is 15.2. The van der Waals surface area contributed by atoms with E-state index < -0.39 is 6.29 Å². The zero-order valence-corrected chi connectivity index (χ0v) is 24.3. The summed E-state index contributed by atoms with van der Waals surface area (Å²) in [6.07, 6.45) is 5.25. The largest absolute Gasteiger partial charge is 0.396 e. The van der Waals surface area contributed by atoms with E-state index in [1.54, 1.807) is 0 Å². The fourth-order valence-corrected chi connectivity index (χ4v) is 5.45. The molecule has 0 radical (unpaired) electrons. The Morgan fingerprint density at radius 1 is 0.786 bits per heavy atom. The minimum Gasteiger partial charge on any atom is -0.396 e. The molecule has 0 amide bonds. The van der Waals surface area contributed by atoms with Gasteiger partial charge in [0.2, 0.25) is 0 Å². The molecule has 5 rings (SSSR count). The predicted molar refractivity (Wildman–Crippen MR) is 165 cm³/mol. The van der Waals surface area contributed by atoms with Crippen LogP contribution in [-0.4, -0.2) is 61.0 Å². The van der Waals surface area contributed by atoms with Crippen molar-refractivity contribution in [1.82, 2.24) is 10.3 Å². The normalized spacial score (nSPS) is 20.7. The van der Waals surface area contributed by atoms with Gasteiger partial charge in [0.1, 0.15) is 6.10 Å². The first-order valence-corrected chi connectivity index (χ1v) is 15.2. The standard InChI is InChI=1S/C35H44N2O5/c38-20-11-3-10-19-36-24-34-32(40-25-27-12-4-1-5-13-27)22-33(41-26-28-14-6-2-7-15-28)35(42-34)39-21-18-29-23-37-31-17-9-8-16-30(29)31/h1-2,4-9,12-17,23,32-38H,3,10-11,18-22,24-26H2/t32-,33+,34+,35+/m0/s1. The van der Waals surface area contributed by atoms with Crippen molar-refractivity contribution in [3.8, 4) is 0 Å². The van der Waals surface area contributed by atoms with Crippen LogP contribution in [0.3, 0.4) is 0 Å². The molecule has 1 aliphatic heterocycles. The van der Waals surface area contributed by atoms with Gasteiger partial charge in [-0.1, -0.05) is 78.9 Å². The lowest BCUT2D eigenvalue weighted by atomic mass is 10.0. The highest BCUT2D eigenvalue weighted by Gasteiger charge is 2.40. The molecule has 2 heterocycles. The average molecular weight is 573 g/mol. The van der Waals surface area contributed by atoms with Crippen molar-refractivity contribution in [1.29, 1.82) is 0 Å². The van der Waals surface area contributed by atoms with Gasteiger partial charge in [0.05, 0.1) is 32.0 Å². The highest BCUT2D eigenvalue weighted by atomic mass is 16.7. The fourth-order valence-electron chi connectivity index (χ4n) is 5.45. The first-order chi connectivity index (χ1) is 20.8. The minimum absolute atomic E-state index is 0.149. The van der Waals surface area contributed by atoms with E-state index in [0.717, 1.165) is 48.9 Å². The molecular weight excluding hydrogens is 528 g/mol. The molecule has 1 fully saturated rings. The quantitative estimate of drug-likeness (QED) is 0.140. The number of nitrogens with one attached hydrogen (secondary N) is 2. The monoisotopic (exact) mass is 572 g/mol. The van der Waals surface area contributed by atoms with Crippen molar-refractivity contribution in [3.05, 3.63) is 108 Å². The van der Waals surface area contributed by atoms with E-state index in [2.05, 4.69) is 59.0 Å². The van der Waals surface area contributed by atoms with Gasteiger partial charge in [-0.3, -0.25) is 0 Å². The van der Waals surface area contributed by atoms with Crippen molar-refractivity contribution < 1.29 is 24.1 Å². The Balaban J connectivity index is 1.25. The summed E-state index contributed by atoms with van der Waals surface area (Å²) in [5.41, 5.74) is 4.61. The topological polar surface area (TPSA) is 85.0 Å². The molecule has 1 aromatic heterocycles. The SMILES string of the molecule is OCCCCCNC[C@H]1O[C@@H](OCCc2c[nH]c3ccccc23)[C@H](OCc2ccccc2)C[C@@H]1OCc1ccccc1. The number of unbranched alkanes of at least 4 members (excludes halogenated alkanes) is 2. The van der Waals surface area contributed by atoms with Gasteiger partial charge in [-0.15, -0.1) is 0 Å². The number of para-hydroxylation sites is 1. The molecule has 4 aromatic rings. The van der Waals surface area contributed by atoms with Crippen molar-refractivity contribution in [2.75, 3.05) is 26.3 Å². The Bertz CT molecular complexity index is 1300. The van der Waals surface area contributed by atoms with E-state index in [0.29, 0.717) is 32.8 Å². The highest BCUT2D eigenvalue weighted by molar-refractivity contribution is 5.83. The van der Waals surface area contributed by atoms with Gasteiger partial charge < -0.3 is 34.4 Å². The van der Waals surface area contributed by atoms with Crippen LogP contribution in [0, 0.1) is 0 Å². The second-order valence-corrected chi connectivity index (χ2v) is 10.9. The van der Waals surface area contributed by atoms with Crippen LogP contribution in [0.5, 0.6) is 0 Å². The summed E-state index contributed by atoms with van der Waals surface area (Å²) < 4.78 is 26.0. The second kappa shape index (κ2) is 16.6. The van der Waals surface area contributed by atoms with Crippen molar-refractivity contribution in [2.45, 2.75) is 69.9 Å². The van der Waals surface area contributed by atoms with Gasteiger partial charge in [0.15, 0.2) is 6.29 Å². The van der Waals surface area contributed by atoms with Gasteiger partial charge in [-0.2, -0.15) is 0 Å². The number of hydrogen-bond acceptors (Lipinski definition) is 6. The highest BCUT2D eigenvalue weighted by Crippen LogP contribution is 2.28. The summed E-state index contributed by atoms with van der Waals surface area (Å²) in [6, 6.07) is 28.8.